The Hall–Kier alpha value is -2.09. The van der Waals surface area contributed by atoms with Crippen molar-refractivity contribution in [2.24, 2.45) is 0 Å². The first-order chi connectivity index (χ1) is 9.34. The molecule has 1 aromatic rings. The Bertz CT molecular complexity index is 430. The van der Waals surface area contributed by atoms with Gasteiger partial charge in [-0.1, -0.05) is 55.2 Å². The first-order valence-corrected chi connectivity index (χ1v) is 6.49. The van der Waals surface area contributed by atoms with Crippen LogP contribution in [0.3, 0.4) is 0 Å². The number of allylic oxidation sites excluding steroid dienone is 4. The topological polar surface area (TPSA) is 26.3 Å². The molecule has 0 amide bonds. The highest BCUT2D eigenvalue weighted by atomic mass is 16.5. The minimum atomic E-state index is -0.279. The lowest BCUT2D eigenvalue weighted by Crippen LogP contribution is -2.04. The molecule has 0 saturated heterocycles. The van der Waals surface area contributed by atoms with Gasteiger partial charge in [-0.05, 0) is 31.4 Å². The summed E-state index contributed by atoms with van der Waals surface area (Å²) in [5.41, 5.74) is 0.588. The largest absolute Gasteiger partial charge is 0.458 e. The Morgan fingerprint density at radius 1 is 1.11 bits per heavy atom. The van der Waals surface area contributed by atoms with E-state index in [4.69, 9.17) is 4.74 Å². The summed E-state index contributed by atoms with van der Waals surface area (Å²) in [6.07, 6.45) is 12.9. The molecule has 0 atom stereocenters. The highest BCUT2D eigenvalue weighted by molar-refractivity contribution is 5.89. The van der Waals surface area contributed by atoms with Crippen LogP contribution in [0.25, 0.3) is 0 Å². The van der Waals surface area contributed by atoms with E-state index in [0.29, 0.717) is 12.2 Å². The van der Waals surface area contributed by atoms with E-state index in [-0.39, 0.29) is 5.97 Å². The zero-order valence-corrected chi connectivity index (χ0v) is 11.1. The number of ether oxygens (including phenoxy) is 1. The maximum Gasteiger partial charge on any atom is 0.338 e. The van der Waals surface area contributed by atoms with Crippen LogP contribution in [-0.2, 0) is 4.74 Å². The van der Waals surface area contributed by atoms with E-state index in [0.717, 1.165) is 19.3 Å². The van der Waals surface area contributed by atoms with E-state index < -0.39 is 0 Å². The van der Waals surface area contributed by atoms with Gasteiger partial charge in [0.05, 0.1) is 5.56 Å². The third-order valence-electron chi connectivity index (χ3n) is 2.50. The second-order valence-electron chi connectivity index (χ2n) is 4.03. The fourth-order valence-corrected chi connectivity index (χ4v) is 1.51. The zero-order valence-electron chi connectivity index (χ0n) is 11.1. The molecule has 0 radical (unpaired) electrons. The molecule has 0 aliphatic heterocycles. The third-order valence-corrected chi connectivity index (χ3v) is 2.50. The van der Waals surface area contributed by atoms with Crippen molar-refractivity contribution in [1.29, 1.82) is 0 Å². The highest BCUT2D eigenvalue weighted by Crippen LogP contribution is 2.02. The SMILES string of the molecule is C=C/C=C\CCC/C=C/COC(=O)c1ccccc1. The smallest absolute Gasteiger partial charge is 0.338 e. The molecule has 0 fully saturated rings. The average Bonchev–Trinajstić information content (AvgIpc) is 2.46. The maximum atomic E-state index is 11.6. The van der Waals surface area contributed by atoms with E-state index in [1.165, 1.54) is 0 Å². The van der Waals surface area contributed by atoms with Crippen molar-refractivity contribution in [1.82, 2.24) is 0 Å². The van der Waals surface area contributed by atoms with Crippen LogP contribution in [0.4, 0.5) is 0 Å². The van der Waals surface area contributed by atoms with Crippen molar-refractivity contribution in [2.45, 2.75) is 19.3 Å². The van der Waals surface area contributed by atoms with Gasteiger partial charge in [-0.2, -0.15) is 0 Å². The normalized spacial score (nSPS) is 10.9. The van der Waals surface area contributed by atoms with Crippen molar-refractivity contribution in [3.8, 4) is 0 Å². The summed E-state index contributed by atoms with van der Waals surface area (Å²) >= 11 is 0. The van der Waals surface area contributed by atoms with E-state index in [1.54, 1.807) is 18.2 Å². The molecule has 0 N–H and O–H groups in total. The van der Waals surface area contributed by atoms with Crippen molar-refractivity contribution in [3.63, 3.8) is 0 Å². The Labute approximate surface area is 115 Å². The predicted octanol–water partition coefficient (Wildman–Crippen LogP) is 4.31. The van der Waals surface area contributed by atoms with Gasteiger partial charge in [-0.3, -0.25) is 0 Å². The minimum Gasteiger partial charge on any atom is -0.458 e. The molecule has 0 saturated carbocycles. The molecule has 0 aliphatic carbocycles. The number of hydrogen-bond acceptors (Lipinski definition) is 2. The van der Waals surface area contributed by atoms with Crippen molar-refractivity contribution >= 4 is 5.97 Å². The molecule has 0 spiro atoms. The Kier molecular flexibility index (Phi) is 7.79. The third kappa shape index (κ3) is 7.04. The lowest BCUT2D eigenvalue weighted by molar-refractivity contribution is 0.0549. The second kappa shape index (κ2) is 9.89. The summed E-state index contributed by atoms with van der Waals surface area (Å²) in [7, 11) is 0. The van der Waals surface area contributed by atoms with Gasteiger partial charge in [0.1, 0.15) is 6.61 Å². The molecular weight excluding hydrogens is 236 g/mol. The fraction of sp³-hybridized carbons (Fsp3) is 0.235. The quantitative estimate of drug-likeness (QED) is 0.300. The monoisotopic (exact) mass is 256 g/mol. The highest BCUT2D eigenvalue weighted by Gasteiger charge is 2.03. The van der Waals surface area contributed by atoms with Crippen LogP contribution in [0.1, 0.15) is 29.6 Å². The van der Waals surface area contributed by atoms with Gasteiger partial charge in [0.15, 0.2) is 0 Å². The van der Waals surface area contributed by atoms with Gasteiger partial charge in [-0.25, -0.2) is 4.79 Å². The van der Waals surface area contributed by atoms with Crippen LogP contribution in [0.5, 0.6) is 0 Å². The summed E-state index contributed by atoms with van der Waals surface area (Å²) < 4.78 is 5.12. The van der Waals surface area contributed by atoms with Gasteiger partial charge in [0.25, 0.3) is 0 Å². The number of rotatable bonds is 8. The van der Waals surface area contributed by atoms with Crippen LogP contribution >= 0.6 is 0 Å². The van der Waals surface area contributed by atoms with Crippen LogP contribution in [0.15, 0.2) is 67.3 Å². The summed E-state index contributed by atoms with van der Waals surface area (Å²) in [6.45, 7) is 3.94. The van der Waals surface area contributed by atoms with E-state index in [9.17, 15) is 4.79 Å². The van der Waals surface area contributed by atoms with Gasteiger partial charge in [0.2, 0.25) is 0 Å². The molecule has 2 nitrogen and oxygen atoms in total. The van der Waals surface area contributed by atoms with Crippen molar-refractivity contribution < 1.29 is 9.53 Å². The Balaban J connectivity index is 2.11. The summed E-state index contributed by atoms with van der Waals surface area (Å²) in [5, 5.41) is 0. The van der Waals surface area contributed by atoms with Gasteiger partial charge in [0, 0.05) is 0 Å². The number of benzene rings is 1. The molecular formula is C17H20O2. The average molecular weight is 256 g/mol. The number of carbonyl (C=O) groups excluding carboxylic acids is 1. The molecule has 0 heterocycles. The van der Waals surface area contributed by atoms with E-state index >= 15 is 0 Å². The van der Waals surface area contributed by atoms with Crippen LogP contribution < -0.4 is 0 Å². The fourth-order valence-electron chi connectivity index (χ4n) is 1.51. The number of esters is 1. The molecule has 0 aliphatic rings. The molecule has 100 valence electrons. The van der Waals surface area contributed by atoms with Crippen LogP contribution in [-0.4, -0.2) is 12.6 Å². The molecule has 0 unspecified atom stereocenters. The first kappa shape index (κ1) is 15.0. The maximum absolute atomic E-state index is 11.6. The zero-order chi connectivity index (χ0) is 13.8. The van der Waals surface area contributed by atoms with Gasteiger partial charge in [-0.15, -0.1) is 0 Å². The standard InChI is InChI=1S/C17H20O2/c1-2-3-4-5-6-7-8-12-15-19-17(18)16-13-10-9-11-14-16/h2-4,8-14H,1,5-7,15H2/b4-3-,12-8+. The van der Waals surface area contributed by atoms with Crippen molar-refractivity contribution in [2.75, 3.05) is 6.61 Å². The number of hydrogen-bond donors (Lipinski definition) is 0. The van der Waals surface area contributed by atoms with Crippen LogP contribution in [0, 0.1) is 0 Å². The molecule has 0 bridgehead atoms. The van der Waals surface area contributed by atoms with Gasteiger partial charge < -0.3 is 4.74 Å². The first-order valence-electron chi connectivity index (χ1n) is 6.49. The molecule has 1 rings (SSSR count). The Morgan fingerprint density at radius 2 is 1.84 bits per heavy atom. The van der Waals surface area contributed by atoms with Crippen molar-refractivity contribution in [3.05, 3.63) is 72.9 Å². The van der Waals surface area contributed by atoms with E-state index in [2.05, 4.69) is 12.7 Å². The number of carbonyl (C=O) groups is 1. The van der Waals surface area contributed by atoms with Gasteiger partial charge >= 0.3 is 5.97 Å². The molecule has 19 heavy (non-hydrogen) atoms. The second-order valence-corrected chi connectivity index (χ2v) is 4.03. The lowest BCUT2D eigenvalue weighted by atomic mass is 10.2. The molecule has 0 aromatic heterocycles. The Morgan fingerprint density at radius 3 is 2.58 bits per heavy atom. The van der Waals surface area contributed by atoms with Crippen LogP contribution in [0.2, 0.25) is 0 Å². The summed E-state index contributed by atoms with van der Waals surface area (Å²) in [5.74, 6) is -0.279. The summed E-state index contributed by atoms with van der Waals surface area (Å²) in [6, 6.07) is 9.01. The molecule has 2 heteroatoms. The van der Waals surface area contributed by atoms with E-state index in [1.807, 2.05) is 36.4 Å². The minimum absolute atomic E-state index is 0.279. The lowest BCUT2D eigenvalue weighted by Gasteiger charge is -2.00. The molecule has 1 aromatic carbocycles. The predicted molar refractivity (Wildman–Crippen MR) is 79.1 cm³/mol. The summed E-state index contributed by atoms with van der Waals surface area (Å²) in [4.78, 5) is 11.6. The number of unbranched alkanes of at least 4 members (excludes halogenated alkanes) is 2.